The molecule has 1 N–H and O–H groups in total. The summed E-state index contributed by atoms with van der Waals surface area (Å²) in [4.78, 5) is 16.6. The van der Waals surface area contributed by atoms with Crippen molar-refractivity contribution in [1.82, 2.24) is 4.98 Å². The van der Waals surface area contributed by atoms with Gasteiger partial charge < -0.3 is 5.32 Å². The molecule has 1 rings (SSSR count). The van der Waals surface area contributed by atoms with Gasteiger partial charge in [0.25, 0.3) is 0 Å². The smallest absolute Gasteiger partial charge is 0.181 e. The van der Waals surface area contributed by atoms with Crippen molar-refractivity contribution in [2.24, 2.45) is 0 Å². The molecule has 0 fully saturated rings. The third kappa shape index (κ3) is 5.01. The summed E-state index contributed by atoms with van der Waals surface area (Å²) in [7, 11) is 0. The lowest BCUT2D eigenvalue weighted by atomic mass is 10.0. The zero-order valence-corrected chi connectivity index (χ0v) is 12.5. The lowest BCUT2D eigenvalue weighted by molar-refractivity contribution is 0.0976. The van der Waals surface area contributed by atoms with Gasteiger partial charge in [0.2, 0.25) is 0 Å². The number of nitrogens with zero attached hydrogens (tertiary/aromatic N) is 1. The molecule has 0 bridgehead atoms. The van der Waals surface area contributed by atoms with Crippen molar-refractivity contribution in [2.75, 3.05) is 11.9 Å². The molecule has 0 saturated carbocycles. The van der Waals surface area contributed by atoms with Crippen LogP contribution in [0.4, 0.5) is 5.82 Å². The number of pyridine rings is 1. The van der Waals surface area contributed by atoms with Crippen molar-refractivity contribution in [3.63, 3.8) is 0 Å². The third-order valence-corrected chi connectivity index (χ3v) is 3.19. The highest BCUT2D eigenvalue weighted by Crippen LogP contribution is 2.15. The highest BCUT2D eigenvalue weighted by Gasteiger charge is 2.12. The van der Waals surface area contributed by atoms with Crippen LogP contribution in [0.3, 0.4) is 0 Å². The van der Waals surface area contributed by atoms with Gasteiger partial charge in [-0.1, -0.05) is 39.7 Å². The average molecular weight is 262 g/mol. The van der Waals surface area contributed by atoms with Gasteiger partial charge in [-0.15, -0.1) is 0 Å². The minimum absolute atomic E-state index is 0.163. The van der Waals surface area contributed by atoms with Crippen LogP contribution in [0.25, 0.3) is 0 Å². The Kier molecular flexibility index (Phi) is 7.16. The summed E-state index contributed by atoms with van der Waals surface area (Å²) in [5.41, 5.74) is 1.71. The SMILES string of the molecule is CCCCCNc1ccc(CC)c(C(=O)CCC)n1. The molecule has 0 aliphatic rings. The minimum atomic E-state index is 0.163. The van der Waals surface area contributed by atoms with E-state index in [1.807, 2.05) is 19.1 Å². The molecule has 0 amide bonds. The first kappa shape index (κ1) is 15.7. The maximum absolute atomic E-state index is 12.1. The Morgan fingerprint density at radius 2 is 1.95 bits per heavy atom. The van der Waals surface area contributed by atoms with Gasteiger partial charge in [0, 0.05) is 13.0 Å². The highest BCUT2D eigenvalue weighted by molar-refractivity contribution is 5.95. The van der Waals surface area contributed by atoms with Gasteiger partial charge in [0.05, 0.1) is 0 Å². The Balaban J connectivity index is 2.74. The summed E-state index contributed by atoms with van der Waals surface area (Å²) in [6, 6.07) is 4.01. The quantitative estimate of drug-likeness (QED) is 0.535. The predicted octanol–water partition coefficient (Wildman–Crippen LogP) is 4.23. The van der Waals surface area contributed by atoms with Crippen LogP contribution in [0.15, 0.2) is 12.1 Å². The molecule has 3 heteroatoms. The normalized spacial score (nSPS) is 10.5. The van der Waals surface area contributed by atoms with E-state index >= 15 is 0 Å². The van der Waals surface area contributed by atoms with E-state index in [4.69, 9.17) is 0 Å². The number of carbonyl (C=O) groups excluding carboxylic acids is 1. The van der Waals surface area contributed by atoms with Crippen molar-refractivity contribution in [1.29, 1.82) is 0 Å². The Morgan fingerprint density at radius 3 is 2.58 bits per heavy atom. The largest absolute Gasteiger partial charge is 0.370 e. The van der Waals surface area contributed by atoms with E-state index in [-0.39, 0.29) is 5.78 Å². The van der Waals surface area contributed by atoms with Crippen molar-refractivity contribution >= 4 is 11.6 Å². The molecule has 3 nitrogen and oxygen atoms in total. The second kappa shape index (κ2) is 8.68. The van der Waals surface area contributed by atoms with E-state index in [0.29, 0.717) is 12.1 Å². The lowest BCUT2D eigenvalue weighted by Gasteiger charge is -2.10. The first-order valence-electron chi connectivity index (χ1n) is 7.49. The molecule has 1 heterocycles. The number of rotatable bonds is 9. The molecule has 0 radical (unpaired) electrons. The van der Waals surface area contributed by atoms with Crippen LogP contribution in [-0.4, -0.2) is 17.3 Å². The molecule has 19 heavy (non-hydrogen) atoms. The number of nitrogens with one attached hydrogen (secondary N) is 1. The monoisotopic (exact) mass is 262 g/mol. The van der Waals surface area contributed by atoms with Gasteiger partial charge in [0.15, 0.2) is 5.78 Å². The number of unbranched alkanes of at least 4 members (excludes halogenated alkanes) is 2. The summed E-state index contributed by atoms with van der Waals surface area (Å²) in [6.45, 7) is 7.20. The van der Waals surface area contributed by atoms with Crippen LogP contribution in [0.1, 0.15) is 68.9 Å². The highest BCUT2D eigenvalue weighted by atomic mass is 16.1. The van der Waals surface area contributed by atoms with Gasteiger partial charge in [-0.2, -0.15) is 0 Å². The first-order chi connectivity index (χ1) is 9.22. The number of hydrogen-bond donors (Lipinski definition) is 1. The van der Waals surface area contributed by atoms with Crippen LogP contribution in [-0.2, 0) is 6.42 Å². The summed E-state index contributed by atoms with van der Waals surface area (Å²) >= 11 is 0. The van der Waals surface area contributed by atoms with E-state index in [0.717, 1.165) is 37.2 Å². The summed E-state index contributed by atoms with van der Waals surface area (Å²) in [6.07, 6.45) is 5.89. The summed E-state index contributed by atoms with van der Waals surface area (Å²) < 4.78 is 0. The Bertz CT molecular complexity index is 402. The van der Waals surface area contributed by atoms with Crippen molar-refractivity contribution in [3.05, 3.63) is 23.4 Å². The zero-order valence-electron chi connectivity index (χ0n) is 12.5. The predicted molar refractivity (Wildman–Crippen MR) is 80.9 cm³/mol. The van der Waals surface area contributed by atoms with Crippen molar-refractivity contribution in [2.45, 2.75) is 59.3 Å². The third-order valence-electron chi connectivity index (χ3n) is 3.19. The fourth-order valence-corrected chi connectivity index (χ4v) is 2.05. The van der Waals surface area contributed by atoms with Crippen LogP contribution in [0.2, 0.25) is 0 Å². The molecule has 0 atom stereocenters. The van der Waals surface area contributed by atoms with Gasteiger partial charge in [-0.3, -0.25) is 4.79 Å². The maximum Gasteiger partial charge on any atom is 0.181 e. The molecule has 0 aliphatic carbocycles. The standard InChI is InChI=1S/C16H26N2O/c1-4-7-8-12-17-15-11-10-13(6-3)16(18-15)14(19)9-5-2/h10-11H,4-9,12H2,1-3H3,(H,17,18). The number of anilines is 1. The molecule has 0 aromatic carbocycles. The van der Waals surface area contributed by atoms with Crippen LogP contribution < -0.4 is 5.32 Å². The second-order valence-corrected chi connectivity index (χ2v) is 4.86. The van der Waals surface area contributed by atoms with E-state index in [2.05, 4.69) is 24.1 Å². The van der Waals surface area contributed by atoms with Gasteiger partial charge in [0.1, 0.15) is 11.5 Å². The van der Waals surface area contributed by atoms with E-state index in [1.165, 1.54) is 12.8 Å². The molecular formula is C16H26N2O. The number of aromatic nitrogens is 1. The Labute approximate surface area is 116 Å². The fraction of sp³-hybridized carbons (Fsp3) is 0.625. The van der Waals surface area contributed by atoms with E-state index in [9.17, 15) is 4.79 Å². The lowest BCUT2D eigenvalue weighted by Crippen LogP contribution is -2.10. The molecule has 0 saturated heterocycles. The summed E-state index contributed by atoms with van der Waals surface area (Å²) in [5.74, 6) is 0.990. The topological polar surface area (TPSA) is 42.0 Å². The second-order valence-electron chi connectivity index (χ2n) is 4.86. The van der Waals surface area contributed by atoms with Crippen LogP contribution >= 0.6 is 0 Å². The minimum Gasteiger partial charge on any atom is -0.370 e. The van der Waals surface area contributed by atoms with Crippen molar-refractivity contribution < 1.29 is 4.79 Å². The fourth-order valence-electron chi connectivity index (χ4n) is 2.05. The Hall–Kier alpha value is -1.38. The first-order valence-corrected chi connectivity index (χ1v) is 7.49. The summed E-state index contributed by atoms with van der Waals surface area (Å²) in [5, 5.41) is 3.30. The van der Waals surface area contributed by atoms with Gasteiger partial charge in [-0.25, -0.2) is 4.98 Å². The van der Waals surface area contributed by atoms with Crippen molar-refractivity contribution in [3.8, 4) is 0 Å². The molecule has 0 unspecified atom stereocenters. The van der Waals surface area contributed by atoms with Gasteiger partial charge >= 0.3 is 0 Å². The molecule has 0 aliphatic heterocycles. The Morgan fingerprint density at radius 1 is 1.16 bits per heavy atom. The van der Waals surface area contributed by atoms with E-state index in [1.54, 1.807) is 0 Å². The number of carbonyl (C=O) groups is 1. The molecule has 106 valence electrons. The van der Waals surface area contributed by atoms with E-state index < -0.39 is 0 Å². The van der Waals surface area contributed by atoms with Crippen LogP contribution in [0.5, 0.6) is 0 Å². The number of hydrogen-bond acceptors (Lipinski definition) is 3. The van der Waals surface area contributed by atoms with Gasteiger partial charge in [-0.05, 0) is 30.9 Å². The van der Waals surface area contributed by atoms with Crippen LogP contribution in [0, 0.1) is 0 Å². The maximum atomic E-state index is 12.1. The zero-order chi connectivity index (χ0) is 14.1. The number of aryl methyl sites for hydroxylation is 1. The molecular weight excluding hydrogens is 236 g/mol. The molecule has 0 spiro atoms. The molecule has 1 aromatic rings. The number of Topliss-reactive ketones (excluding diaryl/α,β-unsaturated/α-hetero) is 1. The molecule has 1 aromatic heterocycles. The average Bonchev–Trinajstić information content (AvgIpc) is 2.43. The number of ketones is 1.